The van der Waals surface area contributed by atoms with E-state index < -0.39 is 11.2 Å². The molecule has 3 rings (SSSR count). The number of nitrogens with zero attached hydrogens (tertiary/aromatic N) is 3. The van der Waals surface area contributed by atoms with Crippen molar-refractivity contribution in [1.82, 2.24) is 14.8 Å². The number of halogens is 1. The standard InChI is InChI=1S/C20H28BrN3O3/c1-5-8-23-10-14-12-24(18(25)27-19(2,3)4)13-15(11-23)20(14,26)17-7-6-16(21)9-22-17/h5-7,9,14-15,26H,1,8,10-13H2,2-4H3. The van der Waals surface area contributed by atoms with E-state index in [4.69, 9.17) is 4.74 Å². The number of pyridine rings is 1. The van der Waals surface area contributed by atoms with Crippen LogP contribution in [0.3, 0.4) is 0 Å². The Morgan fingerprint density at radius 1 is 1.37 bits per heavy atom. The predicted octanol–water partition coefficient (Wildman–Crippen LogP) is 3.02. The van der Waals surface area contributed by atoms with Gasteiger partial charge in [0.05, 0.1) is 5.69 Å². The van der Waals surface area contributed by atoms with Gasteiger partial charge in [-0.15, -0.1) is 6.58 Å². The summed E-state index contributed by atoms with van der Waals surface area (Å²) in [5.74, 6) is -0.294. The Bertz CT molecular complexity index is 685. The summed E-state index contributed by atoms with van der Waals surface area (Å²) in [6.45, 7) is 12.4. The molecule has 0 aromatic carbocycles. The van der Waals surface area contributed by atoms with Crippen LogP contribution < -0.4 is 0 Å². The molecule has 2 fully saturated rings. The van der Waals surface area contributed by atoms with Crippen LogP contribution in [-0.4, -0.2) is 64.3 Å². The van der Waals surface area contributed by atoms with E-state index in [1.54, 1.807) is 11.1 Å². The van der Waals surface area contributed by atoms with Crippen LogP contribution in [0.1, 0.15) is 26.5 Å². The molecule has 6 nitrogen and oxygen atoms in total. The van der Waals surface area contributed by atoms with Crippen LogP contribution in [0.25, 0.3) is 0 Å². The van der Waals surface area contributed by atoms with Crippen LogP contribution in [0.2, 0.25) is 0 Å². The summed E-state index contributed by atoms with van der Waals surface area (Å²) >= 11 is 3.40. The molecule has 7 heteroatoms. The van der Waals surface area contributed by atoms with Gasteiger partial charge in [0.2, 0.25) is 0 Å². The molecule has 27 heavy (non-hydrogen) atoms. The van der Waals surface area contributed by atoms with Gasteiger partial charge in [-0.25, -0.2) is 4.79 Å². The van der Waals surface area contributed by atoms with Gasteiger partial charge in [0.1, 0.15) is 11.2 Å². The van der Waals surface area contributed by atoms with Gasteiger partial charge in [0, 0.05) is 55.2 Å². The van der Waals surface area contributed by atoms with Crippen LogP contribution in [0, 0.1) is 11.8 Å². The van der Waals surface area contributed by atoms with Gasteiger partial charge in [-0.1, -0.05) is 6.08 Å². The van der Waals surface area contributed by atoms with Crippen molar-refractivity contribution in [1.29, 1.82) is 0 Å². The third-order valence-corrected chi connectivity index (χ3v) is 5.73. The van der Waals surface area contributed by atoms with Gasteiger partial charge in [-0.3, -0.25) is 9.88 Å². The van der Waals surface area contributed by atoms with Crippen LogP contribution >= 0.6 is 15.9 Å². The van der Waals surface area contributed by atoms with Crippen molar-refractivity contribution in [2.75, 3.05) is 32.7 Å². The topological polar surface area (TPSA) is 65.9 Å². The minimum absolute atomic E-state index is 0.147. The van der Waals surface area contributed by atoms with E-state index >= 15 is 0 Å². The van der Waals surface area contributed by atoms with Crippen molar-refractivity contribution in [3.63, 3.8) is 0 Å². The lowest BCUT2D eigenvalue weighted by molar-refractivity contribution is -0.163. The second-order valence-corrected chi connectivity index (χ2v) is 9.39. The molecule has 2 unspecified atom stereocenters. The van der Waals surface area contributed by atoms with E-state index in [0.29, 0.717) is 31.9 Å². The SMILES string of the molecule is C=CCN1CC2CN(C(=O)OC(C)(C)C)CC(C1)C2(O)c1ccc(Br)cn1. The Balaban J connectivity index is 1.88. The molecule has 0 aliphatic carbocycles. The van der Waals surface area contributed by atoms with Crippen molar-refractivity contribution in [3.8, 4) is 0 Å². The Morgan fingerprint density at radius 2 is 2.00 bits per heavy atom. The molecule has 2 atom stereocenters. The average molecular weight is 438 g/mol. The summed E-state index contributed by atoms with van der Waals surface area (Å²) in [6, 6.07) is 3.77. The number of likely N-dealkylation sites (tertiary alicyclic amines) is 2. The van der Waals surface area contributed by atoms with Crippen molar-refractivity contribution in [2.24, 2.45) is 11.8 Å². The van der Waals surface area contributed by atoms with Gasteiger partial charge < -0.3 is 14.7 Å². The minimum atomic E-state index is -1.06. The molecule has 2 bridgehead atoms. The van der Waals surface area contributed by atoms with Crippen LogP contribution in [0.15, 0.2) is 35.5 Å². The van der Waals surface area contributed by atoms with Crippen molar-refractivity contribution in [3.05, 3.63) is 41.2 Å². The molecule has 2 aliphatic rings. The van der Waals surface area contributed by atoms with Crippen molar-refractivity contribution in [2.45, 2.75) is 32.0 Å². The van der Waals surface area contributed by atoms with Gasteiger partial charge in [0.25, 0.3) is 0 Å². The summed E-state index contributed by atoms with van der Waals surface area (Å²) in [6.07, 6.45) is 3.27. The third-order valence-electron chi connectivity index (χ3n) is 5.26. The summed E-state index contributed by atoms with van der Waals surface area (Å²) in [5, 5.41) is 11.7. The monoisotopic (exact) mass is 437 g/mol. The fourth-order valence-electron chi connectivity index (χ4n) is 4.15. The number of hydrogen-bond donors (Lipinski definition) is 1. The highest BCUT2D eigenvalue weighted by molar-refractivity contribution is 9.10. The Hall–Kier alpha value is -1.44. The second-order valence-electron chi connectivity index (χ2n) is 8.47. The highest BCUT2D eigenvalue weighted by Crippen LogP contribution is 2.45. The maximum Gasteiger partial charge on any atom is 0.410 e. The van der Waals surface area contributed by atoms with E-state index in [2.05, 4.69) is 32.4 Å². The minimum Gasteiger partial charge on any atom is -0.444 e. The van der Waals surface area contributed by atoms with E-state index in [1.165, 1.54) is 0 Å². The fourth-order valence-corrected chi connectivity index (χ4v) is 4.38. The van der Waals surface area contributed by atoms with E-state index in [9.17, 15) is 9.90 Å². The number of carbonyl (C=O) groups excluding carboxylic acids is 1. The zero-order valence-corrected chi connectivity index (χ0v) is 17.8. The Morgan fingerprint density at radius 3 is 2.48 bits per heavy atom. The van der Waals surface area contributed by atoms with Gasteiger partial charge in [0.15, 0.2) is 0 Å². The first-order chi connectivity index (χ1) is 12.6. The lowest BCUT2D eigenvalue weighted by Crippen LogP contribution is -2.66. The van der Waals surface area contributed by atoms with E-state index in [0.717, 1.165) is 11.0 Å². The largest absolute Gasteiger partial charge is 0.444 e. The molecule has 1 aromatic heterocycles. The van der Waals surface area contributed by atoms with Gasteiger partial charge >= 0.3 is 6.09 Å². The first kappa shape index (κ1) is 20.3. The second kappa shape index (κ2) is 7.53. The first-order valence-corrected chi connectivity index (χ1v) is 10.1. The maximum atomic E-state index is 12.6. The molecule has 1 amide bonds. The maximum absolute atomic E-state index is 12.6. The van der Waals surface area contributed by atoms with Crippen molar-refractivity contribution < 1.29 is 14.6 Å². The van der Waals surface area contributed by atoms with Crippen LogP contribution in [0.4, 0.5) is 4.79 Å². The molecule has 1 N–H and O–H groups in total. The molecule has 0 radical (unpaired) electrons. The lowest BCUT2D eigenvalue weighted by Gasteiger charge is -2.55. The molecule has 148 valence electrons. The number of aromatic nitrogens is 1. The van der Waals surface area contributed by atoms with Gasteiger partial charge in [-0.2, -0.15) is 0 Å². The van der Waals surface area contributed by atoms with Crippen LogP contribution in [-0.2, 0) is 10.3 Å². The molecule has 0 spiro atoms. The number of piperidine rings is 2. The summed E-state index contributed by atoms with van der Waals surface area (Å²) < 4.78 is 6.43. The number of fused-ring (bicyclic) bond motifs is 2. The first-order valence-electron chi connectivity index (χ1n) is 9.29. The zero-order chi connectivity index (χ0) is 19.8. The van der Waals surface area contributed by atoms with Crippen LogP contribution in [0.5, 0.6) is 0 Å². The van der Waals surface area contributed by atoms with E-state index in [-0.39, 0.29) is 17.9 Å². The molecular formula is C20H28BrN3O3. The van der Waals surface area contributed by atoms with Gasteiger partial charge in [-0.05, 0) is 48.8 Å². The number of hydrogen-bond acceptors (Lipinski definition) is 5. The number of rotatable bonds is 3. The normalized spacial score (nSPS) is 28.7. The number of amides is 1. The predicted molar refractivity (Wildman–Crippen MR) is 107 cm³/mol. The molecule has 3 heterocycles. The number of ether oxygens (including phenoxy) is 1. The fraction of sp³-hybridized carbons (Fsp3) is 0.600. The highest BCUT2D eigenvalue weighted by Gasteiger charge is 2.55. The quantitative estimate of drug-likeness (QED) is 0.736. The number of carbonyl (C=O) groups is 1. The molecule has 2 saturated heterocycles. The van der Waals surface area contributed by atoms with E-state index in [1.807, 2.05) is 39.0 Å². The Labute approximate surface area is 169 Å². The average Bonchev–Trinajstić information content (AvgIpc) is 2.55. The summed E-state index contributed by atoms with van der Waals surface area (Å²) in [4.78, 5) is 21.1. The smallest absolute Gasteiger partial charge is 0.410 e. The Kier molecular flexibility index (Phi) is 5.66. The molecule has 0 saturated carbocycles. The molecule has 1 aromatic rings. The molecule has 2 aliphatic heterocycles. The summed E-state index contributed by atoms with van der Waals surface area (Å²) in [5.41, 5.74) is -0.929. The zero-order valence-electron chi connectivity index (χ0n) is 16.2. The summed E-state index contributed by atoms with van der Waals surface area (Å²) in [7, 11) is 0. The number of aliphatic hydroxyl groups is 1. The lowest BCUT2D eigenvalue weighted by atomic mass is 9.68. The third kappa shape index (κ3) is 4.20. The molecular weight excluding hydrogens is 410 g/mol. The highest BCUT2D eigenvalue weighted by atomic mass is 79.9. The van der Waals surface area contributed by atoms with Crippen molar-refractivity contribution >= 4 is 22.0 Å².